The van der Waals surface area contributed by atoms with E-state index in [0.29, 0.717) is 0 Å². The topological polar surface area (TPSA) is 25.8 Å². The minimum Gasteiger partial charge on any atom is -0.235 e. The minimum atomic E-state index is -3.96. The number of halogens is 3. The standard InChI is InChI=1S/C6H5BrF2N2/c1-6(8,9)4-2-5(7)11-3-10-4/h2-3H,1H3/i1D3. The van der Waals surface area contributed by atoms with Gasteiger partial charge in [-0.15, -0.1) is 0 Å². The molecule has 0 bridgehead atoms. The molecule has 60 valence electrons. The van der Waals surface area contributed by atoms with Crippen LogP contribution < -0.4 is 0 Å². The fraction of sp³-hybridized carbons (Fsp3) is 0.333. The average Bonchev–Trinajstić information content (AvgIpc) is 2.02. The lowest BCUT2D eigenvalue weighted by Crippen LogP contribution is -2.09. The lowest BCUT2D eigenvalue weighted by Gasteiger charge is -2.07. The summed E-state index contributed by atoms with van der Waals surface area (Å²) in [7, 11) is 0. The molecule has 1 rings (SSSR count). The van der Waals surface area contributed by atoms with Gasteiger partial charge in [-0.25, -0.2) is 9.97 Å². The van der Waals surface area contributed by atoms with Crippen LogP contribution in [0, 0.1) is 0 Å². The summed E-state index contributed by atoms with van der Waals surface area (Å²) in [6.45, 7) is -3.40. The number of rotatable bonds is 1. The zero-order valence-corrected chi connectivity index (χ0v) is 6.77. The lowest BCUT2D eigenvalue weighted by molar-refractivity contribution is 0.0125. The van der Waals surface area contributed by atoms with Crippen LogP contribution in [0.2, 0.25) is 0 Å². The SMILES string of the molecule is [2H]C([2H])([2H])C(F)(F)c1cc(Br)ncn1. The second-order valence-electron chi connectivity index (χ2n) is 1.80. The molecule has 1 aromatic heterocycles. The van der Waals surface area contributed by atoms with E-state index in [-0.39, 0.29) is 4.60 Å². The van der Waals surface area contributed by atoms with Gasteiger partial charge >= 0.3 is 0 Å². The van der Waals surface area contributed by atoms with Gasteiger partial charge in [0.15, 0.2) is 0 Å². The molecular weight excluding hydrogens is 218 g/mol. The Morgan fingerprint density at radius 1 is 1.64 bits per heavy atom. The fourth-order valence-corrected chi connectivity index (χ4v) is 0.814. The molecule has 0 N–H and O–H groups in total. The molecule has 0 fully saturated rings. The smallest absolute Gasteiger partial charge is 0.235 e. The monoisotopic (exact) mass is 225 g/mol. The number of hydrogen-bond acceptors (Lipinski definition) is 2. The Hall–Kier alpha value is -0.580. The lowest BCUT2D eigenvalue weighted by atomic mass is 10.3. The molecule has 5 heteroatoms. The summed E-state index contributed by atoms with van der Waals surface area (Å²) in [5.74, 6) is -3.96. The number of hydrogen-bond donors (Lipinski definition) is 0. The highest BCUT2D eigenvalue weighted by atomic mass is 79.9. The number of nitrogens with zero attached hydrogens (tertiary/aromatic N) is 2. The molecule has 0 radical (unpaired) electrons. The molecule has 0 aliphatic carbocycles. The second-order valence-corrected chi connectivity index (χ2v) is 2.61. The van der Waals surface area contributed by atoms with Crippen molar-refractivity contribution in [1.82, 2.24) is 9.97 Å². The Bertz CT molecular complexity index is 342. The predicted molar refractivity (Wildman–Crippen MR) is 39.3 cm³/mol. The van der Waals surface area contributed by atoms with Crippen LogP contribution in [0.25, 0.3) is 0 Å². The van der Waals surface area contributed by atoms with E-state index in [4.69, 9.17) is 4.11 Å². The van der Waals surface area contributed by atoms with Crippen LogP contribution in [0.15, 0.2) is 17.0 Å². The van der Waals surface area contributed by atoms with Gasteiger partial charge in [0.1, 0.15) is 16.6 Å². The van der Waals surface area contributed by atoms with Gasteiger partial charge in [0.25, 0.3) is 5.92 Å². The van der Waals surface area contributed by atoms with E-state index in [9.17, 15) is 8.78 Å². The molecule has 1 heterocycles. The van der Waals surface area contributed by atoms with Crippen molar-refractivity contribution in [2.45, 2.75) is 12.8 Å². The first-order chi connectivity index (χ1) is 6.25. The van der Waals surface area contributed by atoms with Gasteiger partial charge in [-0.3, -0.25) is 0 Å². The van der Waals surface area contributed by atoms with Crippen LogP contribution in [-0.4, -0.2) is 9.97 Å². The third-order valence-corrected chi connectivity index (χ3v) is 1.39. The Morgan fingerprint density at radius 2 is 2.36 bits per heavy atom. The molecule has 0 saturated heterocycles. The van der Waals surface area contributed by atoms with E-state index in [2.05, 4.69) is 25.9 Å². The van der Waals surface area contributed by atoms with Crippen LogP contribution >= 0.6 is 15.9 Å². The predicted octanol–water partition coefficient (Wildman–Crippen LogP) is 2.35. The zero-order chi connectivity index (χ0) is 11.0. The Balaban J connectivity index is 3.16. The van der Waals surface area contributed by atoms with E-state index < -0.39 is 18.5 Å². The van der Waals surface area contributed by atoms with Gasteiger partial charge in [0.05, 0.1) is 0 Å². The molecule has 0 aliphatic heterocycles. The molecule has 0 spiro atoms. The van der Waals surface area contributed by atoms with Crippen molar-refractivity contribution in [2.75, 3.05) is 0 Å². The van der Waals surface area contributed by atoms with E-state index in [0.717, 1.165) is 12.4 Å². The van der Waals surface area contributed by atoms with Crippen molar-refractivity contribution in [1.29, 1.82) is 0 Å². The van der Waals surface area contributed by atoms with Crippen LogP contribution in [0.1, 0.15) is 16.7 Å². The molecule has 0 atom stereocenters. The summed E-state index contributed by atoms with van der Waals surface area (Å²) in [4.78, 5) is 6.75. The molecule has 0 saturated carbocycles. The van der Waals surface area contributed by atoms with Gasteiger partial charge in [0.2, 0.25) is 0 Å². The average molecular weight is 226 g/mol. The van der Waals surface area contributed by atoms with E-state index in [1.165, 1.54) is 0 Å². The molecule has 0 amide bonds. The van der Waals surface area contributed by atoms with Crippen molar-refractivity contribution in [3.8, 4) is 0 Å². The van der Waals surface area contributed by atoms with Crippen LogP contribution in [0.4, 0.5) is 8.78 Å². The molecule has 0 aromatic carbocycles. The number of aromatic nitrogens is 2. The summed E-state index contributed by atoms with van der Waals surface area (Å²) < 4.78 is 46.4. The van der Waals surface area contributed by atoms with E-state index in [1.54, 1.807) is 0 Å². The van der Waals surface area contributed by atoms with Gasteiger partial charge in [-0.1, -0.05) is 0 Å². The van der Waals surface area contributed by atoms with Crippen LogP contribution in [-0.2, 0) is 5.92 Å². The molecule has 11 heavy (non-hydrogen) atoms. The Labute approximate surface area is 75.0 Å². The summed E-state index contributed by atoms with van der Waals surface area (Å²) in [6, 6.07) is 0.881. The van der Waals surface area contributed by atoms with Gasteiger partial charge in [0, 0.05) is 11.0 Å². The van der Waals surface area contributed by atoms with E-state index in [1.807, 2.05) is 0 Å². The first-order valence-electron chi connectivity index (χ1n) is 4.11. The van der Waals surface area contributed by atoms with Gasteiger partial charge in [-0.05, 0) is 22.0 Å². The Morgan fingerprint density at radius 3 is 2.91 bits per heavy atom. The second kappa shape index (κ2) is 2.81. The highest BCUT2D eigenvalue weighted by Crippen LogP contribution is 2.25. The summed E-state index contributed by atoms with van der Waals surface area (Å²) in [5.41, 5.74) is -0.820. The maximum Gasteiger partial charge on any atom is 0.287 e. The van der Waals surface area contributed by atoms with E-state index >= 15 is 0 Å². The highest BCUT2D eigenvalue weighted by Gasteiger charge is 2.26. The maximum atomic E-state index is 13.2. The minimum absolute atomic E-state index is 0.117. The van der Waals surface area contributed by atoms with Crippen molar-refractivity contribution < 1.29 is 12.9 Å². The van der Waals surface area contributed by atoms with Gasteiger partial charge in [-0.2, -0.15) is 8.78 Å². The quantitative estimate of drug-likeness (QED) is 0.687. The van der Waals surface area contributed by atoms with Crippen molar-refractivity contribution in [3.05, 3.63) is 22.7 Å². The normalized spacial score (nSPS) is 16.8. The largest absolute Gasteiger partial charge is 0.287 e. The first-order valence-corrected chi connectivity index (χ1v) is 3.40. The zero-order valence-electron chi connectivity index (χ0n) is 8.18. The molecule has 2 nitrogen and oxygen atoms in total. The van der Waals surface area contributed by atoms with Gasteiger partial charge < -0.3 is 0 Å². The van der Waals surface area contributed by atoms with Crippen LogP contribution in [0.5, 0.6) is 0 Å². The summed E-state index contributed by atoms with van der Waals surface area (Å²) in [5, 5.41) is 0. The molecule has 1 aromatic rings. The maximum absolute atomic E-state index is 13.2. The van der Waals surface area contributed by atoms with Crippen LogP contribution in [0.3, 0.4) is 0 Å². The fourth-order valence-electron chi connectivity index (χ4n) is 0.505. The molecule has 0 unspecified atom stereocenters. The Kier molecular flexibility index (Phi) is 1.31. The van der Waals surface area contributed by atoms with Crippen molar-refractivity contribution in [3.63, 3.8) is 0 Å². The molecule has 0 aliphatic rings. The number of alkyl halides is 2. The highest BCUT2D eigenvalue weighted by molar-refractivity contribution is 9.10. The third-order valence-electron chi connectivity index (χ3n) is 0.955. The first kappa shape index (κ1) is 5.13. The molecular formula is C6H5BrF2N2. The third kappa shape index (κ3) is 2.18. The summed E-state index contributed by atoms with van der Waals surface area (Å²) >= 11 is 2.85. The van der Waals surface area contributed by atoms with Crippen molar-refractivity contribution >= 4 is 15.9 Å². The summed E-state index contributed by atoms with van der Waals surface area (Å²) in [6.07, 6.45) is 0.874. The van der Waals surface area contributed by atoms with Crippen molar-refractivity contribution in [2.24, 2.45) is 0 Å².